The third-order valence-corrected chi connectivity index (χ3v) is 4.91. The molecule has 0 aromatic carbocycles. The van der Waals surface area contributed by atoms with Crippen molar-refractivity contribution in [2.24, 2.45) is 11.7 Å². The lowest BCUT2D eigenvalue weighted by atomic mass is 9.84. The van der Waals surface area contributed by atoms with E-state index < -0.39 is 0 Å². The van der Waals surface area contributed by atoms with Gasteiger partial charge in [0, 0.05) is 20.8 Å². The maximum absolute atomic E-state index is 12.0. The summed E-state index contributed by atoms with van der Waals surface area (Å²) in [6.45, 7) is 0.609. The van der Waals surface area contributed by atoms with Gasteiger partial charge in [-0.05, 0) is 34.8 Å². The molecule has 0 bridgehead atoms. The zero-order chi connectivity index (χ0) is 12.3. The van der Waals surface area contributed by atoms with Gasteiger partial charge in [0.25, 0.3) is 0 Å². The highest BCUT2D eigenvalue weighted by molar-refractivity contribution is 9.10. The van der Waals surface area contributed by atoms with Crippen molar-refractivity contribution < 1.29 is 4.79 Å². The van der Waals surface area contributed by atoms with Crippen molar-refractivity contribution in [3.05, 3.63) is 20.8 Å². The van der Waals surface area contributed by atoms with E-state index in [1.807, 2.05) is 11.4 Å². The average molecular weight is 317 g/mol. The molecule has 2 rings (SSSR count). The van der Waals surface area contributed by atoms with Crippen LogP contribution < -0.4 is 11.1 Å². The van der Waals surface area contributed by atoms with Crippen molar-refractivity contribution in [1.29, 1.82) is 0 Å². The number of carbonyl (C=O) groups is 1. The van der Waals surface area contributed by atoms with Crippen LogP contribution in [0.2, 0.25) is 0 Å². The molecule has 1 fully saturated rings. The van der Waals surface area contributed by atoms with Gasteiger partial charge in [-0.1, -0.05) is 12.8 Å². The van der Waals surface area contributed by atoms with E-state index in [4.69, 9.17) is 5.73 Å². The molecule has 2 atom stereocenters. The van der Waals surface area contributed by atoms with Gasteiger partial charge in [0.15, 0.2) is 0 Å². The standard InChI is InChI=1S/C12H17BrN2OS/c13-8-5-9(17-7-8)6-15-12(16)10-3-1-2-4-11(10)14/h5,7,10-11H,1-4,6,14H2,(H,15,16). The van der Waals surface area contributed by atoms with Gasteiger partial charge in [-0.3, -0.25) is 4.79 Å². The lowest BCUT2D eigenvalue weighted by molar-refractivity contribution is -0.126. The molecular weight excluding hydrogens is 300 g/mol. The Morgan fingerprint density at radius 1 is 1.53 bits per heavy atom. The highest BCUT2D eigenvalue weighted by Gasteiger charge is 2.27. The van der Waals surface area contributed by atoms with Crippen molar-refractivity contribution >= 4 is 33.2 Å². The molecular formula is C12H17BrN2OS. The summed E-state index contributed by atoms with van der Waals surface area (Å²) >= 11 is 5.05. The number of hydrogen-bond donors (Lipinski definition) is 2. The minimum absolute atomic E-state index is 0.00662. The van der Waals surface area contributed by atoms with E-state index in [1.54, 1.807) is 11.3 Å². The molecule has 1 amide bonds. The van der Waals surface area contributed by atoms with E-state index in [-0.39, 0.29) is 17.9 Å². The second-order valence-corrected chi connectivity index (χ2v) is 6.42. The van der Waals surface area contributed by atoms with Crippen molar-refractivity contribution in [3.63, 3.8) is 0 Å². The zero-order valence-electron chi connectivity index (χ0n) is 9.62. The fraction of sp³-hybridized carbons (Fsp3) is 0.583. The summed E-state index contributed by atoms with van der Waals surface area (Å²) in [6.07, 6.45) is 4.18. The van der Waals surface area contributed by atoms with Crippen LogP contribution in [0.3, 0.4) is 0 Å². The Hall–Kier alpha value is -0.390. The summed E-state index contributed by atoms with van der Waals surface area (Å²) in [7, 11) is 0. The van der Waals surface area contributed by atoms with Crippen LogP contribution in [0.4, 0.5) is 0 Å². The van der Waals surface area contributed by atoms with Crippen LogP contribution in [-0.4, -0.2) is 11.9 Å². The van der Waals surface area contributed by atoms with Crippen molar-refractivity contribution in [2.75, 3.05) is 0 Å². The Balaban J connectivity index is 1.84. The van der Waals surface area contributed by atoms with Gasteiger partial charge in [0.2, 0.25) is 5.91 Å². The molecule has 1 aliphatic carbocycles. The van der Waals surface area contributed by atoms with Gasteiger partial charge in [-0.15, -0.1) is 11.3 Å². The van der Waals surface area contributed by atoms with E-state index in [0.717, 1.165) is 35.0 Å². The molecule has 1 aromatic rings. The number of nitrogens with one attached hydrogen (secondary N) is 1. The van der Waals surface area contributed by atoms with Gasteiger partial charge in [-0.2, -0.15) is 0 Å². The first-order valence-corrected chi connectivity index (χ1v) is 7.60. The minimum atomic E-state index is 0.00662. The van der Waals surface area contributed by atoms with Crippen LogP contribution in [0, 0.1) is 5.92 Å². The van der Waals surface area contributed by atoms with Gasteiger partial charge in [0.05, 0.1) is 12.5 Å². The molecule has 0 aliphatic heterocycles. The van der Waals surface area contributed by atoms with E-state index in [0.29, 0.717) is 6.54 Å². The number of carbonyl (C=O) groups excluding carboxylic acids is 1. The molecule has 2 unspecified atom stereocenters. The number of hydrogen-bond acceptors (Lipinski definition) is 3. The second-order valence-electron chi connectivity index (χ2n) is 4.50. The Morgan fingerprint density at radius 2 is 2.29 bits per heavy atom. The first kappa shape index (κ1) is 13.1. The van der Waals surface area contributed by atoms with Crippen molar-refractivity contribution in [3.8, 4) is 0 Å². The average Bonchev–Trinajstić information content (AvgIpc) is 2.73. The number of rotatable bonds is 3. The fourth-order valence-corrected chi connectivity index (χ4v) is 3.63. The van der Waals surface area contributed by atoms with Crippen LogP contribution in [0.15, 0.2) is 15.9 Å². The predicted octanol–water partition coefficient (Wildman–Crippen LogP) is 2.64. The summed E-state index contributed by atoms with van der Waals surface area (Å²) < 4.78 is 1.07. The Bertz CT molecular complexity index is 394. The minimum Gasteiger partial charge on any atom is -0.351 e. The summed E-state index contributed by atoms with van der Waals surface area (Å²) in [5.74, 6) is 0.119. The molecule has 3 nitrogen and oxygen atoms in total. The largest absolute Gasteiger partial charge is 0.351 e. The SMILES string of the molecule is NC1CCCCC1C(=O)NCc1cc(Br)cs1. The highest BCUT2D eigenvalue weighted by Crippen LogP contribution is 2.24. The lowest BCUT2D eigenvalue weighted by Gasteiger charge is -2.27. The van der Waals surface area contributed by atoms with Gasteiger partial charge < -0.3 is 11.1 Å². The third-order valence-electron chi connectivity index (χ3n) is 3.21. The summed E-state index contributed by atoms with van der Waals surface area (Å²) in [5.41, 5.74) is 5.99. The van der Waals surface area contributed by atoms with Crippen LogP contribution in [-0.2, 0) is 11.3 Å². The van der Waals surface area contributed by atoms with Gasteiger partial charge in [-0.25, -0.2) is 0 Å². The molecule has 1 heterocycles. The monoisotopic (exact) mass is 316 g/mol. The summed E-state index contributed by atoms with van der Waals surface area (Å²) in [5, 5.41) is 5.00. The number of amides is 1. The lowest BCUT2D eigenvalue weighted by Crippen LogP contribution is -2.43. The van der Waals surface area contributed by atoms with Gasteiger partial charge >= 0.3 is 0 Å². The Morgan fingerprint density at radius 3 is 2.94 bits per heavy atom. The highest BCUT2D eigenvalue weighted by atomic mass is 79.9. The Labute approximate surface area is 114 Å². The molecule has 94 valence electrons. The van der Waals surface area contributed by atoms with Crippen LogP contribution in [0.25, 0.3) is 0 Å². The fourth-order valence-electron chi connectivity index (χ4n) is 2.24. The van der Waals surface area contributed by atoms with Gasteiger partial charge in [0.1, 0.15) is 0 Å². The summed E-state index contributed by atoms with van der Waals surface area (Å²) in [4.78, 5) is 13.2. The molecule has 0 saturated heterocycles. The molecule has 1 aliphatic rings. The Kier molecular flexibility index (Phi) is 4.59. The smallest absolute Gasteiger partial charge is 0.224 e. The number of halogens is 1. The van der Waals surface area contributed by atoms with E-state index in [9.17, 15) is 4.79 Å². The topological polar surface area (TPSA) is 55.1 Å². The van der Waals surface area contributed by atoms with E-state index in [1.165, 1.54) is 0 Å². The molecule has 3 N–H and O–H groups in total. The van der Waals surface area contributed by atoms with Crippen LogP contribution >= 0.6 is 27.3 Å². The first-order chi connectivity index (χ1) is 8.16. The van der Waals surface area contributed by atoms with E-state index >= 15 is 0 Å². The van der Waals surface area contributed by atoms with E-state index in [2.05, 4.69) is 21.2 Å². The van der Waals surface area contributed by atoms with Crippen molar-refractivity contribution in [1.82, 2.24) is 5.32 Å². The van der Waals surface area contributed by atoms with Crippen LogP contribution in [0.5, 0.6) is 0 Å². The quantitative estimate of drug-likeness (QED) is 0.900. The number of nitrogens with two attached hydrogens (primary N) is 1. The molecule has 5 heteroatoms. The predicted molar refractivity (Wildman–Crippen MR) is 73.8 cm³/mol. The maximum atomic E-state index is 12.0. The molecule has 1 saturated carbocycles. The molecule has 0 radical (unpaired) electrons. The zero-order valence-corrected chi connectivity index (χ0v) is 12.0. The second kappa shape index (κ2) is 5.98. The molecule has 1 aromatic heterocycles. The van der Waals surface area contributed by atoms with Crippen LogP contribution in [0.1, 0.15) is 30.6 Å². The molecule has 0 spiro atoms. The molecule has 17 heavy (non-hydrogen) atoms. The summed E-state index contributed by atoms with van der Waals surface area (Å²) in [6, 6.07) is 2.07. The normalized spacial score (nSPS) is 24.6. The number of thiophene rings is 1. The first-order valence-electron chi connectivity index (χ1n) is 5.93. The van der Waals surface area contributed by atoms with Crippen molar-refractivity contribution in [2.45, 2.75) is 38.3 Å². The maximum Gasteiger partial charge on any atom is 0.224 e. The third kappa shape index (κ3) is 3.53.